The van der Waals surface area contributed by atoms with Gasteiger partial charge in [-0.25, -0.2) is 0 Å². The van der Waals surface area contributed by atoms with Crippen LogP contribution in [0.4, 0.5) is 0 Å². The lowest BCUT2D eigenvalue weighted by Gasteiger charge is -2.41. The van der Waals surface area contributed by atoms with Crippen LogP contribution >= 0.6 is 0 Å². The molecule has 0 bridgehead atoms. The van der Waals surface area contributed by atoms with Gasteiger partial charge >= 0.3 is 0 Å². The van der Waals surface area contributed by atoms with Crippen molar-refractivity contribution in [1.29, 1.82) is 0 Å². The Morgan fingerprint density at radius 2 is 0.879 bits per heavy atom. The number of carbonyl (C=O) groups excluding carboxylic acids is 11. The van der Waals surface area contributed by atoms with E-state index < -0.39 is 155 Å². The zero-order chi connectivity index (χ0) is 70.1. The molecule has 0 spiro atoms. The first-order valence-corrected chi connectivity index (χ1v) is 32.8. The Labute approximate surface area is 543 Å². The number of nitrogens with one attached hydrogen (secondary N) is 4. The molecule has 1 aliphatic rings. The molecule has 2 heterocycles. The highest BCUT2D eigenvalue weighted by Gasteiger charge is 2.46. The van der Waals surface area contributed by atoms with E-state index in [0.29, 0.717) is 19.3 Å². The van der Waals surface area contributed by atoms with E-state index in [-0.39, 0.29) is 55.8 Å². The van der Waals surface area contributed by atoms with Crippen molar-refractivity contribution in [3.05, 3.63) is 18.0 Å². The lowest BCUT2D eigenvalue weighted by Crippen LogP contribution is -2.64. The number of hydrogen-bond acceptors (Lipinski definition) is 13. The van der Waals surface area contributed by atoms with E-state index in [0.717, 1.165) is 15.4 Å². The maximum atomic E-state index is 15.4. The SMILES string of the molecule is CC[C@@H]1NC(=O)[C@@H]([C@H](O)[C@H](C)CCCc2cnn(C)c2)N(C)C(=O)[C@H](C(C)C)N(C)C(=O)[C@H](CC(C)C)N(C)C(=O)[C@H](CC(C)C)N(C)C(=O)[C@@H](C)NC(=O)[C@H](C)NC(=O)[C@H](CC(C)C)N(C)C(=O)[C@H](C(C)C)NC(=O)[C@H](CC(C)C)N(C)C(=O)[C@@H](C)N(C)C1=O. The Bertz CT molecular complexity index is 2640. The Kier molecular flexibility index (Phi) is 31.8. The van der Waals surface area contributed by atoms with Crippen LogP contribution in [0.5, 0.6) is 0 Å². The van der Waals surface area contributed by atoms with Crippen molar-refractivity contribution < 1.29 is 57.8 Å². The highest BCUT2D eigenvalue weighted by Crippen LogP contribution is 2.26. The van der Waals surface area contributed by atoms with E-state index in [9.17, 15) is 38.7 Å². The van der Waals surface area contributed by atoms with Crippen molar-refractivity contribution >= 4 is 65.0 Å². The van der Waals surface area contributed by atoms with E-state index in [4.69, 9.17) is 0 Å². The van der Waals surface area contributed by atoms with Crippen LogP contribution in [0.15, 0.2) is 12.4 Å². The topological polar surface area (TPSA) is 297 Å². The van der Waals surface area contributed by atoms with Crippen LogP contribution in [-0.4, -0.2) is 236 Å². The van der Waals surface area contributed by atoms with Gasteiger partial charge in [-0.05, 0) is 119 Å². The minimum atomic E-state index is -1.63. The fourth-order valence-corrected chi connectivity index (χ4v) is 11.8. The molecule has 0 aliphatic carbocycles. The van der Waals surface area contributed by atoms with Crippen molar-refractivity contribution in [2.24, 2.45) is 48.5 Å². The third-order valence-electron chi connectivity index (χ3n) is 17.7. The van der Waals surface area contributed by atoms with Gasteiger partial charge in [-0.2, -0.15) is 5.10 Å². The quantitative estimate of drug-likeness (QED) is 0.150. The summed E-state index contributed by atoms with van der Waals surface area (Å²) in [6.07, 6.45) is 4.30. The summed E-state index contributed by atoms with van der Waals surface area (Å²) in [7, 11) is 11.8. The number of hydrogen-bond donors (Lipinski definition) is 5. The van der Waals surface area contributed by atoms with Crippen LogP contribution in [-0.2, 0) is 66.2 Å². The van der Waals surface area contributed by atoms with E-state index in [1.54, 1.807) is 59.5 Å². The lowest BCUT2D eigenvalue weighted by molar-refractivity contribution is -0.157. The highest BCUT2D eigenvalue weighted by atomic mass is 16.3. The summed E-state index contributed by atoms with van der Waals surface area (Å²) >= 11 is 0. The monoisotopic (exact) mass is 1280 g/mol. The summed E-state index contributed by atoms with van der Waals surface area (Å²) in [6, 6.07) is -13.7. The van der Waals surface area contributed by atoms with Gasteiger partial charge in [0, 0.05) is 62.6 Å². The number of amides is 11. The maximum Gasteiger partial charge on any atom is 0.246 e. The first kappa shape index (κ1) is 80.4. The summed E-state index contributed by atoms with van der Waals surface area (Å²) < 4.78 is 1.68. The number of rotatable bonds is 17. The van der Waals surface area contributed by atoms with Gasteiger partial charge in [0.1, 0.15) is 66.5 Å². The number of aromatic nitrogens is 2. The van der Waals surface area contributed by atoms with Crippen molar-refractivity contribution in [2.75, 3.05) is 49.3 Å². The highest BCUT2D eigenvalue weighted by molar-refractivity contribution is 6.00. The molecule has 13 atom stereocenters. The molecule has 1 aromatic rings. The van der Waals surface area contributed by atoms with Crippen LogP contribution in [0, 0.1) is 41.4 Å². The number of likely N-dealkylation sites (N-methyl/N-ethyl adjacent to an activating group) is 7. The van der Waals surface area contributed by atoms with Crippen molar-refractivity contribution in [3.63, 3.8) is 0 Å². The summed E-state index contributed by atoms with van der Waals surface area (Å²) in [5, 5.41) is 27.8. The molecule has 0 unspecified atom stereocenters. The first-order valence-electron chi connectivity index (χ1n) is 32.8. The molecule has 0 aromatic carbocycles. The van der Waals surface area contributed by atoms with Gasteiger partial charge in [-0.1, -0.05) is 96.9 Å². The summed E-state index contributed by atoms with van der Waals surface area (Å²) in [6.45, 7) is 29.7. The van der Waals surface area contributed by atoms with Crippen LogP contribution < -0.4 is 21.3 Å². The van der Waals surface area contributed by atoms with E-state index in [1.165, 1.54) is 94.6 Å². The molecule has 1 aromatic heterocycles. The fourth-order valence-electron chi connectivity index (χ4n) is 11.8. The molecule has 2 rings (SSSR count). The third kappa shape index (κ3) is 22.0. The largest absolute Gasteiger partial charge is 0.390 e. The van der Waals surface area contributed by atoms with Gasteiger partial charge in [0.05, 0.1) is 12.3 Å². The zero-order valence-electron chi connectivity index (χ0n) is 59.7. The van der Waals surface area contributed by atoms with Gasteiger partial charge in [-0.3, -0.25) is 57.4 Å². The first-order chi connectivity index (χ1) is 42.0. The molecule has 5 N–H and O–H groups in total. The standard InChI is InChI=1S/C66H117N13O12/c1-26-47-62(87)73(19)45(17)61(86)74(20)49(31-37(4)5)58(83)71-52(40(10)11)65(90)75(21)48(30-36(2)3)57(82)68-43(15)56(81)69-44(16)60(85)76(22)50(32-38(6)7)63(88)77(23)51(33-39(8)9)64(89)78(24)53(41(12)13)66(91)79(25)54(59(84)70-47)55(80)42(14)28-27-29-46-34-67-72(18)35-46/h34-45,47-55,80H,26-33H2,1-25H3,(H,68,82)(H,69,81)(H,70,84)(H,71,83)/t42-,43+,44-,45-,47+,48+,49+,50+,51+,52+,53+,54-,55-/m1/s1. The molecule has 518 valence electrons. The second-order valence-corrected chi connectivity index (χ2v) is 28.1. The van der Waals surface area contributed by atoms with E-state index >= 15 is 19.2 Å². The van der Waals surface area contributed by atoms with Gasteiger partial charge < -0.3 is 60.7 Å². The normalized spacial score (nSPS) is 26.7. The Hall–Kier alpha value is -6.66. The van der Waals surface area contributed by atoms with Gasteiger partial charge in [0.2, 0.25) is 65.0 Å². The lowest BCUT2D eigenvalue weighted by atomic mass is 9.90. The van der Waals surface area contributed by atoms with E-state index in [2.05, 4.69) is 26.4 Å². The molecule has 1 aliphatic heterocycles. The average molecular weight is 1280 g/mol. The number of aryl methyl sites for hydroxylation is 2. The zero-order valence-corrected chi connectivity index (χ0v) is 59.7. The van der Waals surface area contributed by atoms with Gasteiger partial charge in [0.25, 0.3) is 0 Å². The number of carbonyl (C=O) groups is 11. The van der Waals surface area contributed by atoms with Gasteiger partial charge in [0.15, 0.2) is 0 Å². The molecule has 1 saturated heterocycles. The predicted molar refractivity (Wildman–Crippen MR) is 350 cm³/mol. The van der Waals surface area contributed by atoms with Crippen molar-refractivity contribution in [3.8, 4) is 0 Å². The van der Waals surface area contributed by atoms with Crippen LogP contribution in [0.1, 0.15) is 168 Å². The van der Waals surface area contributed by atoms with Crippen LogP contribution in [0.2, 0.25) is 0 Å². The fraction of sp³-hybridized carbons (Fsp3) is 0.788. The van der Waals surface area contributed by atoms with Crippen molar-refractivity contribution in [1.82, 2.24) is 65.3 Å². The number of aliphatic hydroxyl groups is 1. The third-order valence-corrected chi connectivity index (χ3v) is 17.7. The number of nitrogens with zero attached hydrogens (tertiary/aromatic N) is 9. The van der Waals surface area contributed by atoms with Gasteiger partial charge in [-0.15, -0.1) is 0 Å². The van der Waals surface area contributed by atoms with E-state index in [1.807, 2.05) is 61.6 Å². The minimum absolute atomic E-state index is 0.00825. The maximum absolute atomic E-state index is 15.4. The van der Waals surface area contributed by atoms with Crippen LogP contribution in [0.3, 0.4) is 0 Å². The molecule has 0 saturated carbocycles. The number of aliphatic hydroxyl groups excluding tert-OH is 1. The van der Waals surface area contributed by atoms with Crippen molar-refractivity contribution in [2.45, 2.75) is 242 Å². The average Bonchev–Trinajstić information content (AvgIpc) is 1.24. The molecular formula is C66H117N13O12. The summed E-state index contributed by atoms with van der Waals surface area (Å²) in [5.74, 6) is -9.80. The second kappa shape index (κ2) is 36.0. The molecule has 25 nitrogen and oxygen atoms in total. The second-order valence-electron chi connectivity index (χ2n) is 28.1. The summed E-state index contributed by atoms with van der Waals surface area (Å²) in [5.41, 5.74) is 0.964. The smallest absolute Gasteiger partial charge is 0.246 e. The Morgan fingerprint density at radius 3 is 1.33 bits per heavy atom. The molecule has 1 fully saturated rings. The minimum Gasteiger partial charge on any atom is -0.390 e. The summed E-state index contributed by atoms with van der Waals surface area (Å²) in [4.78, 5) is 171. The molecule has 11 amide bonds. The Balaban J connectivity index is 3.00. The molecular weight excluding hydrogens is 1170 g/mol. The van der Waals surface area contributed by atoms with Crippen LogP contribution in [0.25, 0.3) is 0 Å². The molecule has 25 heteroatoms. The predicted octanol–water partition coefficient (Wildman–Crippen LogP) is 3.45. The Morgan fingerprint density at radius 1 is 0.451 bits per heavy atom. The molecule has 91 heavy (non-hydrogen) atoms. The molecule has 0 radical (unpaired) electrons.